The van der Waals surface area contributed by atoms with Crippen molar-refractivity contribution in [2.45, 2.75) is 58.3 Å². The number of carbonyl (C=O) groups excluding carboxylic acids is 1. The molecule has 1 aliphatic carbocycles. The maximum absolute atomic E-state index is 11.1. The molecule has 0 amide bonds. The Morgan fingerprint density at radius 2 is 1.83 bits per heavy atom. The van der Waals surface area contributed by atoms with Crippen molar-refractivity contribution < 1.29 is 9.53 Å². The number of rotatable bonds is 7. The number of nitrogens with one attached hydrogen (secondary N) is 1. The molecule has 2 atom stereocenters. The van der Waals surface area contributed by atoms with Crippen molar-refractivity contribution in [3.05, 3.63) is 0 Å². The lowest BCUT2D eigenvalue weighted by atomic mass is 9.82. The van der Waals surface area contributed by atoms with Crippen molar-refractivity contribution in [3.8, 4) is 0 Å². The van der Waals surface area contributed by atoms with Crippen LogP contribution < -0.4 is 5.32 Å². The highest BCUT2D eigenvalue weighted by Gasteiger charge is 2.35. The molecule has 1 saturated carbocycles. The van der Waals surface area contributed by atoms with Crippen molar-refractivity contribution in [1.82, 2.24) is 10.2 Å². The van der Waals surface area contributed by atoms with Crippen molar-refractivity contribution >= 4 is 35.9 Å². The first kappa shape index (κ1) is 21.5. The zero-order valence-electron chi connectivity index (χ0n) is 15.3. The van der Waals surface area contributed by atoms with Crippen LogP contribution in [0.15, 0.2) is 4.99 Å². The third kappa shape index (κ3) is 6.76. The van der Waals surface area contributed by atoms with Crippen molar-refractivity contribution in [2.24, 2.45) is 16.8 Å². The molecule has 0 bridgehead atoms. The quantitative estimate of drug-likeness (QED) is 0.212. The lowest BCUT2D eigenvalue weighted by Gasteiger charge is -2.22. The molecule has 0 aromatic carbocycles. The van der Waals surface area contributed by atoms with E-state index in [1.807, 2.05) is 0 Å². The molecule has 24 heavy (non-hydrogen) atoms. The monoisotopic (exact) mass is 451 g/mol. The molecule has 6 heteroatoms. The van der Waals surface area contributed by atoms with Crippen LogP contribution in [0.4, 0.5) is 0 Å². The molecule has 0 aromatic rings. The van der Waals surface area contributed by atoms with Crippen molar-refractivity contribution in [2.75, 3.05) is 33.3 Å². The highest BCUT2D eigenvalue weighted by Crippen LogP contribution is 2.35. The van der Waals surface area contributed by atoms with E-state index in [2.05, 4.69) is 21.9 Å². The fourth-order valence-corrected chi connectivity index (χ4v) is 3.85. The van der Waals surface area contributed by atoms with Gasteiger partial charge in [0.15, 0.2) is 5.96 Å². The Kier molecular flexibility index (Phi) is 10.7. The summed E-state index contributed by atoms with van der Waals surface area (Å²) >= 11 is 0. The Morgan fingerprint density at radius 3 is 2.42 bits per heavy atom. The molecule has 0 radical (unpaired) electrons. The highest BCUT2D eigenvalue weighted by molar-refractivity contribution is 14.0. The van der Waals surface area contributed by atoms with Gasteiger partial charge in [-0.25, -0.2) is 0 Å². The number of ether oxygens (including phenoxy) is 1. The lowest BCUT2D eigenvalue weighted by Crippen LogP contribution is -2.40. The van der Waals surface area contributed by atoms with Gasteiger partial charge in [-0.05, 0) is 44.4 Å². The lowest BCUT2D eigenvalue weighted by molar-refractivity contribution is -0.140. The average molecular weight is 451 g/mol. The minimum Gasteiger partial charge on any atom is -0.469 e. The van der Waals surface area contributed by atoms with Gasteiger partial charge in [0.25, 0.3) is 0 Å². The van der Waals surface area contributed by atoms with Gasteiger partial charge in [0.05, 0.1) is 7.11 Å². The number of likely N-dealkylation sites (tertiary alicyclic amines) is 1. The van der Waals surface area contributed by atoms with Crippen LogP contribution in [0.5, 0.6) is 0 Å². The summed E-state index contributed by atoms with van der Waals surface area (Å²) < 4.78 is 4.66. The molecule has 1 aliphatic heterocycles. The predicted molar refractivity (Wildman–Crippen MR) is 109 cm³/mol. The normalized spacial score (nSPS) is 23.4. The van der Waals surface area contributed by atoms with Gasteiger partial charge in [0.1, 0.15) is 0 Å². The molecule has 1 saturated heterocycles. The largest absolute Gasteiger partial charge is 0.469 e. The number of aliphatic imine (C=N–C) groups is 1. The van der Waals surface area contributed by atoms with Gasteiger partial charge in [-0.3, -0.25) is 9.79 Å². The molecule has 1 N–H and O–H groups in total. The average Bonchev–Trinajstić information content (AvgIpc) is 3.00. The second-order valence-corrected chi connectivity index (χ2v) is 6.83. The maximum atomic E-state index is 11.1. The summed E-state index contributed by atoms with van der Waals surface area (Å²) in [7, 11) is 1.45. The molecule has 0 aromatic heterocycles. The minimum absolute atomic E-state index is 0. The van der Waals surface area contributed by atoms with Gasteiger partial charge < -0.3 is 15.0 Å². The van der Waals surface area contributed by atoms with Gasteiger partial charge >= 0.3 is 5.97 Å². The fraction of sp³-hybridized carbons (Fsp3) is 0.889. The first-order valence-electron chi connectivity index (χ1n) is 9.34. The summed E-state index contributed by atoms with van der Waals surface area (Å²) in [5.74, 6) is 2.75. The van der Waals surface area contributed by atoms with E-state index >= 15 is 0 Å². The number of carbonyl (C=O) groups is 1. The third-order valence-corrected chi connectivity index (χ3v) is 5.14. The van der Waals surface area contributed by atoms with Crippen LogP contribution >= 0.6 is 24.0 Å². The zero-order valence-corrected chi connectivity index (χ0v) is 17.6. The summed E-state index contributed by atoms with van der Waals surface area (Å²) in [5, 5.41) is 3.45. The molecule has 5 nitrogen and oxygen atoms in total. The number of nitrogens with zero attached hydrogens (tertiary/aromatic N) is 2. The summed E-state index contributed by atoms with van der Waals surface area (Å²) in [6, 6.07) is 0. The fourth-order valence-electron chi connectivity index (χ4n) is 3.85. The molecule has 2 unspecified atom stereocenters. The van der Waals surface area contributed by atoms with E-state index in [9.17, 15) is 4.79 Å². The van der Waals surface area contributed by atoms with Gasteiger partial charge in [-0.15, -0.1) is 24.0 Å². The van der Waals surface area contributed by atoms with E-state index in [1.54, 1.807) is 0 Å². The Bertz CT molecular complexity index is 390. The van der Waals surface area contributed by atoms with Crippen LogP contribution in [0.2, 0.25) is 0 Å². The summed E-state index contributed by atoms with van der Waals surface area (Å²) in [5.41, 5.74) is 0. The van der Waals surface area contributed by atoms with Crippen LogP contribution in [0.3, 0.4) is 0 Å². The minimum atomic E-state index is -0.110. The maximum Gasteiger partial charge on any atom is 0.305 e. The molecule has 2 aliphatic rings. The van der Waals surface area contributed by atoms with Crippen molar-refractivity contribution in [1.29, 1.82) is 0 Å². The number of unbranched alkanes of at least 4 members (excludes halogenated alkanes) is 2. The molecule has 2 rings (SSSR count). The standard InChI is InChI=1S/C18H33N3O2.HI/c1-3-19-18(20-12-8-4-5-11-17(22)23-2)21-13-15-9-6-7-10-16(15)14-21;/h15-16H,3-14H2,1-2H3,(H,19,20);1H. The van der Waals surface area contributed by atoms with Gasteiger partial charge in [-0.1, -0.05) is 19.3 Å². The number of esters is 1. The number of hydrogen-bond acceptors (Lipinski definition) is 3. The van der Waals surface area contributed by atoms with E-state index in [4.69, 9.17) is 4.99 Å². The van der Waals surface area contributed by atoms with E-state index < -0.39 is 0 Å². The zero-order chi connectivity index (χ0) is 16.5. The van der Waals surface area contributed by atoms with E-state index in [1.165, 1.54) is 45.9 Å². The van der Waals surface area contributed by atoms with Crippen LogP contribution in [-0.2, 0) is 9.53 Å². The van der Waals surface area contributed by atoms with Gasteiger partial charge in [0, 0.05) is 32.6 Å². The molecule has 0 spiro atoms. The Morgan fingerprint density at radius 1 is 1.17 bits per heavy atom. The van der Waals surface area contributed by atoms with Gasteiger partial charge in [0.2, 0.25) is 0 Å². The second kappa shape index (κ2) is 11.9. The first-order chi connectivity index (χ1) is 11.2. The first-order valence-corrected chi connectivity index (χ1v) is 9.34. The summed E-state index contributed by atoms with van der Waals surface area (Å²) in [6.45, 7) is 6.26. The Balaban J connectivity index is 0.00000288. The SMILES string of the molecule is CCNC(=NCCCCCC(=O)OC)N1CC2CCCCC2C1.I. The third-order valence-electron chi connectivity index (χ3n) is 5.14. The highest BCUT2D eigenvalue weighted by atomic mass is 127. The van der Waals surface area contributed by atoms with E-state index in [0.717, 1.165) is 50.1 Å². The van der Waals surface area contributed by atoms with Crippen LogP contribution in [0.1, 0.15) is 58.3 Å². The summed E-state index contributed by atoms with van der Waals surface area (Å²) in [6.07, 6.45) is 9.09. The van der Waals surface area contributed by atoms with E-state index in [-0.39, 0.29) is 29.9 Å². The Labute approximate surface area is 164 Å². The smallest absolute Gasteiger partial charge is 0.305 e. The molecule has 140 valence electrons. The topological polar surface area (TPSA) is 53.9 Å². The molecule has 2 fully saturated rings. The second-order valence-electron chi connectivity index (χ2n) is 6.83. The number of hydrogen-bond donors (Lipinski definition) is 1. The molecular weight excluding hydrogens is 417 g/mol. The van der Waals surface area contributed by atoms with E-state index in [0.29, 0.717) is 6.42 Å². The Hall–Kier alpha value is -0.530. The van der Waals surface area contributed by atoms with Gasteiger partial charge in [-0.2, -0.15) is 0 Å². The number of guanidine groups is 1. The van der Waals surface area contributed by atoms with Crippen LogP contribution in [0.25, 0.3) is 0 Å². The van der Waals surface area contributed by atoms with Crippen molar-refractivity contribution in [3.63, 3.8) is 0 Å². The molecule has 1 heterocycles. The summed E-state index contributed by atoms with van der Waals surface area (Å²) in [4.78, 5) is 18.3. The van der Waals surface area contributed by atoms with Crippen LogP contribution in [0, 0.1) is 11.8 Å². The number of methoxy groups -OCH3 is 1. The van der Waals surface area contributed by atoms with Crippen LogP contribution in [-0.4, -0.2) is 50.1 Å². The number of halogens is 1. The number of fused-ring (bicyclic) bond motifs is 1. The predicted octanol–water partition coefficient (Wildman–Crippen LogP) is 3.43. The molecular formula is C18H34IN3O2.